The van der Waals surface area contributed by atoms with Crippen molar-refractivity contribution >= 4 is 29.2 Å². The molecule has 0 atom stereocenters. The topological polar surface area (TPSA) is 142 Å². The van der Waals surface area contributed by atoms with Crippen LogP contribution in [0.4, 0.5) is 18.9 Å². The molecule has 1 aromatic heterocycles. The van der Waals surface area contributed by atoms with E-state index in [1.807, 2.05) is 5.48 Å². The molecule has 4 N–H and O–H groups in total. The molecule has 4 rings (SSSR count). The quantitative estimate of drug-likeness (QED) is 0.109. The zero-order chi connectivity index (χ0) is 25.7. The average Bonchev–Trinajstić information content (AvgIpc) is 3.32. The normalized spacial score (nSPS) is 15.0. The third kappa shape index (κ3) is 5.67. The molecule has 14 heteroatoms. The van der Waals surface area contributed by atoms with Gasteiger partial charge >= 0.3 is 0 Å². The molecule has 1 saturated heterocycles. The van der Waals surface area contributed by atoms with E-state index in [1.54, 1.807) is 24.3 Å². The standard InChI is InChI=1S/C22H20F3N5O5S/c23-16-6-5-14(9-15(16)18(24)25)27-19(28-33)17-21(30-35-29-17)36-8-7-26-20(31)12-1-3-13(4-2-12)22(32)10-34-11-22/h1-6,9,18,32-33H,7-8,10-11H2,(H,26,31)(H,27,28). The fourth-order valence-electron chi connectivity index (χ4n) is 3.26. The lowest BCUT2D eigenvalue weighted by molar-refractivity contribution is -0.184. The summed E-state index contributed by atoms with van der Waals surface area (Å²) in [4.78, 5) is 16.4. The summed E-state index contributed by atoms with van der Waals surface area (Å²) < 4.78 is 49.1. The number of benzene rings is 2. The summed E-state index contributed by atoms with van der Waals surface area (Å²) in [5.41, 5.74) is 0.984. The summed E-state index contributed by atoms with van der Waals surface area (Å²) in [6.07, 6.45) is -3.04. The number of aliphatic imine (C=N–C) groups is 1. The number of amidine groups is 1. The van der Waals surface area contributed by atoms with Crippen LogP contribution in [0.1, 0.15) is 33.6 Å². The Morgan fingerprint density at radius 2 is 1.94 bits per heavy atom. The second-order valence-electron chi connectivity index (χ2n) is 7.70. The van der Waals surface area contributed by atoms with Crippen LogP contribution in [0.5, 0.6) is 0 Å². The number of alkyl halides is 2. The number of amides is 1. The second-order valence-corrected chi connectivity index (χ2v) is 8.79. The summed E-state index contributed by atoms with van der Waals surface area (Å²) in [7, 11) is 0. The molecular formula is C22H20F3N5O5S. The number of nitrogens with one attached hydrogen (secondary N) is 2. The van der Waals surface area contributed by atoms with E-state index in [4.69, 9.17) is 9.37 Å². The first-order valence-corrected chi connectivity index (χ1v) is 11.5. The van der Waals surface area contributed by atoms with Crippen molar-refractivity contribution in [2.45, 2.75) is 17.1 Å². The lowest BCUT2D eigenvalue weighted by Crippen LogP contribution is -2.46. The van der Waals surface area contributed by atoms with E-state index < -0.39 is 23.4 Å². The van der Waals surface area contributed by atoms with E-state index in [2.05, 4.69) is 20.6 Å². The molecule has 1 aliphatic rings. The molecular weight excluding hydrogens is 503 g/mol. The minimum Gasteiger partial charge on any atom is -0.380 e. The summed E-state index contributed by atoms with van der Waals surface area (Å²) in [5.74, 6) is -1.31. The van der Waals surface area contributed by atoms with Gasteiger partial charge in [0.25, 0.3) is 12.3 Å². The Labute approximate surface area is 206 Å². The molecule has 3 aromatic rings. The molecule has 36 heavy (non-hydrogen) atoms. The highest BCUT2D eigenvalue weighted by Gasteiger charge is 2.37. The Morgan fingerprint density at radius 3 is 2.58 bits per heavy atom. The average molecular weight is 523 g/mol. The number of thioether (sulfide) groups is 1. The SMILES string of the molecule is O=C(NCCSc1nonc1C(=Nc1ccc(F)c(C(F)F)c1)NO)c1ccc(C2(O)COC2)cc1. The van der Waals surface area contributed by atoms with Gasteiger partial charge in [0.2, 0.25) is 0 Å². The number of nitrogens with zero attached hydrogens (tertiary/aromatic N) is 3. The van der Waals surface area contributed by atoms with Gasteiger partial charge in [0, 0.05) is 17.9 Å². The molecule has 1 aliphatic heterocycles. The highest BCUT2D eigenvalue weighted by Crippen LogP contribution is 2.29. The lowest BCUT2D eigenvalue weighted by Gasteiger charge is -2.36. The van der Waals surface area contributed by atoms with Crippen molar-refractivity contribution in [3.63, 3.8) is 0 Å². The van der Waals surface area contributed by atoms with Gasteiger partial charge in [-0.15, -0.1) is 0 Å². The number of aliphatic hydroxyl groups is 1. The zero-order valence-electron chi connectivity index (χ0n) is 18.5. The predicted molar refractivity (Wildman–Crippen MR) is 121 cm³/mol. The number of hydroxylamine groups is 1. The van der Waals surface area contributed by atoms with Crippen LogP contribution in [0, 0.1) is 5.82 Å². The van der Waals surface area contributed by atoms with Crippen molar-refractivity contribution in [3.8, 4) is 0 Å². The van der Waals surface area contributed by atoms with E-state index in [9.17, 15) is 28.3 Å². The third-order valence-corrected chi connectivity index (χ3v) is 6.19. The van der Waals surface area contributed by atoms with Crippen molar-refractivity contribution in [2.24, 2.45) is 4.99 Å². The third-order valence-electron chi connectivity index (χ3n) is 5.24. The van der Waals surface area contributed by atoms with Gasteiger partial charge in [-0.3, -0.25) is 15.5 Å². The molecule has 0 saturated carbocycles. The maximum Gasteiger partial charge on any atom is 0.266 e. The lowest BCUT2D eigenvalue weighted by atomic mass is 9.91. The smallest absolute Gasteiger partial charge is 0.266 e. The van der Waals surface area contributed by atoms with E-state index in [1.165, 1.54) is 0 Å². The van der Waals surface area contributed by atoms with Gasteiger partial charge in [-0.1, -0.05) is 23.9 Å². The van der Waals surface area contributed by atoms with Gasteiger partial charge in [0.15, 0.2) is 16.6 Å². The molecule has 0 radical (unpaired) electrons. The zero-order valence-corrected chi connectivity index (χ0v) is 19.3. The first kappa shape index (κ1) is 25.6. The monoisotopic (exact) mass is 523 g/mol. The van der Waals surface area contributed by atoms with Gasteiger partial charge in [0.05, 0.1) is 24.5 Å². The van der Waals surface area contributed by atoms with E-state index in [0.29, 0.717) is 16.9 Å². The van der Waals surface area contributed by atoms with Crippen LogP contribution in [-0.2, 0) is 10.3 Å². The summed E-state index contributed by atoms with van der Waals surface area (Å²) in [6.45, 7) is 0.672. The van der Waals surface area contributed by atoms with Crippen LogP contribution in [0.25, 0.3) is 0 Å². The fourth-order valence-corrected chi connectivity index (χ4v) is 4.01. The molecule has 0 spiro atoms. The molecule has 10 nitrogen and oxygen atoms in total. The Bertz CT molecular complexity index is 1250. The van der Waals surface area contributed by atoms with Crippen LogP contribution < -0.4 is 10.8 Å². The molecule has 0 aliphatic carbocycles. The molecule has 2 heterocycles. The van der Waals surface area contributed by atoms with Crippen molar-refractivity contribution in [1.82, 2.24) is 21.1 Å². The Kier molecular flexibility index (Phi) is 7.88. The van der Waals surface area contributed by atoms with Crippen LogP contribution in [-0.4, -0.2) is 57.9 Å². The van der Waals surface area contributed by atoms with Crippen LogP contribution >= 0.6 is 11.8 Å². The number of carbonyl (C=O) groups is 1. The van der Waals surface area contributed by atoms with Gasteiger partial charge < -0.3 is 15.2 Å². The van der Waals surface area contributed by atoms with Crippen LogP contribution in [0.3, 0.4) is 0 Å². The number of aromatic nitrogens is 2. The largest absolute Gasteiger partial charge is 0.380 e. The number of hydrogen-bond acceptors (Lipinski definition) is 9. The minimum absolute atomic E-state index is 0.00903. The Balaban J connectivity index is 1.34. The fraction of sp³-hybridized carbons (Fsp3) is 0.273. The Hall–Kier alpha value is -3.46. The number of halogens is 3. The number of hydrogen-bond donors (Lipinski definition) is 4. The van der Waals surface area contributed by atoms with Gasteiger partial charge in [-0.25, -0.2) is 22.8 Å². The second kappa shape index (κ2) is 11.1. The first-order chi connectivity index (χ1) is 17.3. The first-order valence-electron chi connectivity index (χ1n) is 10.5. The van der Waals surface area contributed by atoms with Gasteiger partial charge in [-0.05, 0) is 46.2 Å². The number of ether oxygens (including phenoxy) is 1. The van der Waals surface area contributed by atoms with Crippen LogP contribution in [0.15, 0.2) is 57.1 Å². The summed E-state index contributed by atoms with van der Waals surface area (Å²) >= 11 is 1.13. The van der Waals surface area contributed by atoms with E-state index >= 15 is 0 Å². The van der Waals surface area contributed by atoms with Gasteiger partial charge in [0.1, 0.15) is 11.4 Å². The molecule has 2 aromatic carbocycles. The van der Waals surface area contributed by atoms with Crippen molar-refractivity contribution < 1.29 is 37.6 Å². The van der Waals surface area contributed by atoms with Crippen molar-refractivity contribution in [1.29, 1.82) is 0 Å². The van der Waals surface area contributed by atoms with Crippen LogP contribution in [0.2, 0.25) is 0 Å². The summed E-state index contributed by atoms with van der Waals surface area (Å²) in [6, 6.07) is 9.41. The molecule has 1 amide bonds. The predicted octanol–water partition coefficient (Wildman–Crippen LogP) is 2.94. The van der Waals surface area contributed by atoms with E-state index in [-0.39, 0.29) is 47.9 Å². The maximum atomic E-state index is 13.5. The highest BCUT2D eigenvalue weighted by molar-refractivity contribution is 7.99. The molecule has 0 unspecified atom stereocenters. The molecule has 1 fully saturated rings. The highest BCUT2D eigenvalue weighted by atomic mass is 32.2. The minimum atomic E-state index is -3.04. The number of carbonyl (C=O) groups excluding carboxylic acids is 1. The van der Waals surface area contributed by atoms with Crippen molar-refractivity contribution in [2.75, 3.05) is 25.5 Å². The maximum absolute atomic E-state index is 13.5. The molecule has 190 valence electrons. The Morgan fingerprint density at radius 1 is 1.19 bits per heavy atom. The summed E-state index contributed by atoms with van der Waals surface area (Å²) in [5, 5.41) is 30.1. The van der Waals surface area contributed by atoms with Gasteiger partial charge in [-0.2, -0.15) is 0 Å². The van der Waals surface area contributed by atoms with Crippen molar-refractivity contribution in [3.05, 3.63) is 70.7 Å². The number of rotatable bonds is 9. The molecule has 0 bridgehead atoms. The van der Waals surface area contributed by atoms with E-state index in [0.717, 1.165) is 30.0 Å².